The molecule has 0 N–H and O–H groups in total. The Morgan fingerprint density at radius 1 is 0.393 bits per heavy atom. The van der Waals surface area contributed by atoms with E-state index in [1.54, 1.807) is 0 Å². The predicted octanol–water partition coefficient (Wildman–Crippen LogP) is 14.2. The van der Waals surface area contributed by atoms with Crippen molar-refractivity contribution in [2.75, 3.05) is 0 Å². The normalized spacial score (nSPS) is 14.3. The first kappa shape index (κ1) is 34.3. The molecule has 0 saturated carbocycles. The zero-order chi connectivity index (χ0) is 40.5. The Bertz CT molecular complexity index is 3490. The molecule has 0 aliphatic heterocycles. The van der Waals surface area contributed by atoms with E-state index in [0.29, 0.717) is 5.95 Å². The molecule has 13 rings (SSSR count). The SMILES string of the molecule is CC1(C)c2ccccc2-c2nc(-n3c4cc5ccccc5cc4c4cc5ccccc5cc43)nc(-c3cccc(C4(c5ccccc5)c5ccccc5-c5ccccc54)c3)c21. The number of benzene rings is 9. The molecule has 9 aromatic carbocycles. The van der Waals surface area contributed by atoms with E-state index in [1.165, 1.54) is 76.8 Å². The summed E-state index contributed by atoms with van der Waals surface area (Å²) in [6, 6.07) is 73.6. The van der Waals surface area contributed by atoms with Crippen molar-refractivity contribution in [3.8, 4) is 39.6 Å². The number of hydrogen-bond donors (Lipinski definition) is 0. The summed E-state index contributed by atoms with van der Waals surface area (Å²) in [5, 5.41) is 7.19. The highest BCUT2D eigenvalue weighted by molar-refractivity contribution is 6.16. The minimum atomic E-state index is -0.531. The van der Waals surface area contributed by atoms with Crippen LogP contribution in [-0.4, -0.2) is 14.5 Å². The number of nitrogens with zero attached hydrogens (tertiary/aromatic N) is 3. The second-order valence-corrected chi connectivity index (χ2v) is 17.3. The van der Waals surface area contributed by atoms with E-state index < -0.39 is 5.41 Å². The van der Waals surface area contributed by atoms with Crippen molar-refractivity contribution < 1.29 is 0 Å². The maximum absolute atomic E-state index is 5.80. The van der Waals surface area contributed by atoms with Crippen LogP contribution in [0.5, 0.6) is 0 Å². The Hall–Kier alpha value is -7.62. The van der Waals surface area contributed by atoms with Crippen molar-refractivity contribution in [3.05, 3.63) is 234 Å². The molecule has 2 aliphatic rings. The lowest BCUT2D eigenvalue weighted by Crippen LogP contribution is -2.28. The van der Waals surface area contributed by atoms with Gasteiger partial charge in [-0.15, -0.1) is 0 Å². The quantitative estimate of drug-likeness (QED) is 0.178. The fourth-order valence-corrected chi connectivity index (χ4v) is 11.1. The molecule has 11 aromatic rings. The molecule has 0 spiro atoms. The zero-order valence-corrected chi connectivity index (χ0v) is 33.9. The molecule has 0 atom stereocenters. The van der Waals surface area contributed by atoms with E-state index in [4.69, 9.17) is 9.97 Å². The Morgan fingerprint density at radius 3 is 1.48 bits per heavy atom. The third kappa shape index (κ3) is 4.63. The lowest BCUT2D eigenvalue weighted by Gasteiger charge is -2.34. The first-order chi connectivity index (χ1) is 30.0. The van der Waals surface area contributed by atoms with Gasteiger partial charge in [0.05, 0.1) is 27.8 Å². The molecule has 0 bridgehead atoms. The molecule has 0 unspecified atom stereocenters. The highest BCUT2D eigenvalue weighted by atomic mass is 15.2. The van der Waals surface area contributed by atoms with Crippen LogP contribution < -0.4 is 0 Å². The van der Waals surface area contributed by atoms with Crippen molar-refractivity contribution in [3.63, 3.8) is 0 Å². The Labute approximate surface area is 354 Å². The van der Waals surface area contributed by atoms with Crippen molar-refractivity contribution >= 4 is 43.4 Å². The standard InChI is InChI=1S/C58H39N3/c1-57(2)48-28-13-12-27-45(48)55-53(57)54(40-21-16-24-42(31-40)58(41-22-4-3-5-23-41)49-29-14-10-25-43(49)44-26-11-15-30-50(44)58)59-56(60-55)61-51-34-38-19-8-6-17-36(38)32-46(51)47-33-37-18-7-9-20-39(37)35-52(47)61/h3-35H,1-2H3. The van der Waals surface area contributed by atoms with Gasteiger partial charge in [-0.05, 0) is 90.8 Å². The highest BCUT2D eigenvalue weighted by Crippen LogP contribution is 2.57. The minimum Gasteiger partial charge on any atom is -0.278 e. The van der Waals surface area contributed by atoms with Crippen LogP contribution in [0.3, 0.4) is 0 Å². The van der Waals surface area contributed by atoms with Crippen LogP contribution >= 0.6 is 0 Å². The zero-order valence-electron chi connectivity index (χ0n) is 33.9. The van der Waals surface area contributed by atoms with Gasteiger partial charge < -0.3 is 0 Å². The van der Waals surface area contributed by atoms with E-state index in [0.717, 1.165) is 33.5 Å². The second kappa shape index (κ2) is 12.5. The van der Waals surface area contributed by atoms with Gasteiger partial charge in [0, 0.05) is 32.9 Å². The summed E-state index contributed by atoms with van der Waals surface area (Å²) in [6.07, 6.45) is 0. The van der Waals surface area contributed by atoms with Gasteiger partial charge in [0.2, 0.25) is 5.95 Å². The van der Waals surface area contributed by atoms with Crippen LogP contribution in [0.2, 0.25) is 0 Å². The summed E-state index contributed by atoms with van der Waals surface area (Å²) in [6.45, 7) is 4.67. The van der Waals surface area contributed by atoms with E-state index in [9.17, 15) is 0 Å². The summed E-state index contributed by atoms with van der Waals surface area (Å²) < 4.78 is 2.32. The summed E-state index contributed by atoms with van der Waals surface area (Å²) in [7, 11) is 0. The molecule has 286 valence electrons. The number of rotatable bonds is 4. The lowest BCUT2D eigenvalue weighted by molar-refractivity contribution is 0.656. The summed E-state index contributed by atoms with van der Waals surface area (Å²) >= 11 is 0. The van der Waals surface area contributed by atoms with Crippen molar-refractivity contribution in [2.24, 2.45) is 0 Å². The maximum Gasteiger partial charge on any atom is 0.235 e. The number of hydrogen-bond acceptors (Lipinski definition) is 2. The smallest absolute Gasteiger partial charge is 0.235 e. The predicted molar refractivity (Wildman–Crippen MR) is 252 cm³/mol. The average Bonchev–Trinajstić information content (AvgIpc) is 3.88. The molecule has 0 radical (unpaired) electrons. The van der Waals surface area contributed by atoms with Crippen molar-refractivity contribution in [1.29, 1.82) is 0 Å². The molecule has 0 fully saturated rings. The van der Waals surface area contributed by atoms with E-state index >= 15 is 0 Å². The second-order valence-electron chi connectivity index (χ2n) is 17.3. The van der Waals surface area contributed by atoms with Crippen LogP contribution in [0.25, 0.3) is 82.9 Å². The highest BCUT2D eigenvalue weighted by Gasteiger charge is 2.46. The van der Waals surface area contributed by atoms with Gasteiger partial charge in [-0.3, -0.25) is 4.57 Å². The lowest BCUT2D eigenvalue weighted by atomic mass is 9.67. The molecule has 0 saturated heterocycles. The molecule has 2 aliphatic carbocycles. The first-order valence-corrected chi connectivity index (χ1v) is 21.2. The Kier molecular flexibility index (Phi) is 6.99. The van der Waals surface area contributed by atoms with E-state index in [2.05, 4.69) is 219 Å². The van der Waals surface area contributed by atoms with Crippen LogP contribution in [0, 0.1) is 0 Å². The number of aromatic nitrogens is 3. The summed E-state index contributed by atoms with van der Waals surface area (Å²) in [4.78, 5) is 11.5. The summed E-state index contributed by atoms with van der Waals surface area (Å²) in [5.41, 5.74) is 15.6. The fraction of sp³-hybridized carbons (Fsp3) is 0.0690. The Balaban J connectivity index is 1.14. The third-order valence-electron chi connectivity index (χ3n) is 13.8. The third-order valence-corrected chi connectivity index (χ3v) is 13.8. The summed E-state index contributed by atoms with van der Waals surface area (Å²) in [5.74, 6) is 0.673. The molecular formula is C58H39N3. The van der Waals surface area contributed by atoms with Gasteiger partial charge >= 0.3 is 0 Å². The van der Waals surface area contributed by atoms with Gasteiger partial charge in [0.25, 0.3) is 0 Å². The monoisotopic (exact) mass is 777 g/mol. The van der Waals surface area contributed by atoms with Gasteiger partial charge in [-0.2, -0.15) is 0 Å². The Morgan fingerprint density at radius 2 is 0.869 bits per heavy atom. The molecule has 0 amide bonds. The fourth-order valence-electron chi connectivity index (χ4n) is 11.1. The molecule has 2 aromatic heterocycles. The van der Waals surface area contributed by atoms with Crippen LogP contribution in [0.15, 0.2) is 200 Å². The van der Waals surface area contributed by atoms with Crippen molar-refractivity contribution in [1.82, 2.24) is 14.5 Å². The topological polar surface area (TPSA) is 30.7 Å². The van der Waals surface area contributed by atoms with Crippen molar-refractivity contribution in [2.45, 2.75) is 24.7 Å². The molecule has 3 heteroatoms. The maximum atomic E-state index is 5.80. The largest absolute Gasteiger partial charge is 0.278 e. The van der Waals surface area contributed by atoms with Gasteiger partial charge in [-0.25, -0.2) is 9.97 Å². The molecule has 2 heterocycles. The molecular weight excluding hydrogens is 739 g/mol. The average molecular weight is 778 g/mol. The minimum absolute atomic E-state index is 0.341. The first-order valence-electron chi connectivity index (χ1n) is 21.2. The van der Waals surface area contributed by atoms with Crippen LogP contribution in [0.4, 0.5) is 0 Å². The van der Waals surface area contributed by atoms with E-state index in [-0.39, 0.29) is 5.41 Å². The van der Waals surface area contributed by atoms with Gasteiger partial charge in [0.1, 0.15) is 0 Å². The number of fused-ring (bicyclic) bond motifs is 11. The molecule has 61 heavy (non-hydrogen) atoms. The van der Waals surface area contributed by atoms with Gasteiger partial charge in [-0.1, -0.05) is 184 Å². The van der Waals surface area contributed by atoms with Crippen LogP contribution in [0.1, 0.15) is 47.2 Å². The van der Waals surface area contributed by atoms with Crippen LogP contribution in [-0.2, 0) is 10.8 Å². The molecule has 3 nitrogen and oxygen atoms in total. The van der Waals surface area contributed by atoms with E-state index in [1.807, 2.05) is 0 Å². The van der Waals surface area contributed by atoms with Gasteiger partial charge in [0.15, 0.2) is 0 Å².